The summed E-state index contributed by atoms with van der Waals surface area (Å²) in [5, 5.41) is 0. The number of hydrogen-bond acceptors (Lipinski definition) is 4. The maximum Gasteiger partial charge on any atom is 0.254 e. The molecule has 1 fully saturated rings. The zero-order valence-corrected chi connectivity index (χ0v) is 14.9. The molecule has 2 heterocycles. The van der Waals surface area contributed by atoms with Gasteiger partial charge in [-0.1, -0.05) is 19.1 Å². The number of carbonyl (C=O) groups excluding carboxylic acids is 1. The van der Waals surface area contributed by atoms with Crippen LogP contribution in [-0.4, -0.2) is 60.5 Å². The lowest BCUT2D eigenvalue weighted by Crippen LogP contribution is -2.49. The summed E-state index contributed by atoms with van der Waals surface area (Å²) in [6.45, 7) is 6.63. The predicted octanol–water partition coefficient (Wildman–Crippen LogP) is 2.65. The number of methoxy groups -OCH3 is 1. The quantitative estimate of drug-likeness (QED) is 0.840. The van der Waals surface area contributed by atoms with Crippen molar-refractivity contribution < 1.29 is 9.53 Å². The van der Waals surface area contributed by atoms with Gasteiger partial charge in [-0.15, -0.1) is 0 Å². The van der Waals surface area contributed by atoms with Crippen LogP contribution in [0.25, 0.3) is 0 Å². The van der Waals surface area contributed by atoms with Gasteiger partial charge in [-0.3, -0.25) is 14.7 Å². The van der Waals surface area contributed by atoms with Gasteiger partial charge in [0, 0.05) is 50.7 Å². The molecule has 0 saturated carbocycles. The van der Waals surface area contributed by atoms with Crippen LogP contribution in [0.5, 0.6) is 5.75 Å². The molecule has 1 aromatic carbocycles. The molecule has 0 aliphatic carbocycles. The summed E-state index contributed by atoms with van der Waals surface area (Å²) in [6.07, 6.45) is 3.33. The van der Waals surface area contributed by atoms with E-state index in [1.807, 2.05) is 17.0 Å². The zero-order chi connectivity index (χ0) is 17.6. The lowest BCUT2D eigenvalue weighted by atomic mass is 10.00. The van der Waals surface area contributed by atoms with Crippen LogP contribution in [0, 0.1) is 0 Å². The zero-order valence-electron chi connectivity index (χ0n) is 14.9. The van der Waals surface area contributed by atoms with E-state index in [1.165, 1.54) is 5.56 Å². The molecule has 0 unspecified atom stereocenters. The summed E-state index contributed by atoms with van der Waals surface area (Å²) in [6, 6.07) is 11.8. The summed E-state index contributed by atoms with van der Waals surface area (Å²) >= 11 is 0. The van der Waals surface area contributed by atoms with Crippen LogP contribution in [0.1, 0.15) is 28.8 Å². The third-order valence-electron chi connectivity index (χ3n) is 4.80. The molecule has 1 aliphatic heterocycles. The van der Waals surface area contributed by atoms with E-state index in [2.05, 4.69) is 28.9 Å². The van der Waals surface area contributed by atoms with Gasteiger partial charge >= 0.3 is 0 Å². The van der Waals surface area contributed by atoms with Crippen molar-refractivity contribution in [3.8, 4) is 5.75 Å². The van der Waals surface area contributed by atoms with E-state index in [0.29, 0.717) is 5.92 Å². The molecule has 1 aliphatic rings. The summed E-state index contributed by atoms with van der Waals surface area (Å²) in [5.41, 5.74) is 2.03. The Kier molecular flexibility index (Phi) is 5.66. The second kappa shape index (κ2) is 8.12. The minimum atomic E-state index is 0.102. The molecule has 1 atom stereocenters. The average Bonchev–Trinajstić information content (AvgIpc) is 2.68. The van der Waals surface area contributed by atoms with Crippen LogP contribution < -0.4 is 4.74 Å². The third-order valence-corrected chi connectivity index (χ3v) is 4.80. The van der Waals surface area contributed by atoms with Gasteiger partial charge in [-0.2, -0.15) is 0 Å². The van der Waals surface area contributed by atoms with Gasteiger partial charge in [-0.25, -0.2) is 0 Å². The molecule has 0 N–H and O–H groups in total. The highest BCUT2D eigenvalue weighted by molar-refractivity contribution is 5.94. The monoisotopic (exact) mass is 339 g/mol. The number of ether oxygens (including phenoxy) is 1. The Morgan fingerprint density at radius 3 is 2.32 bits per heavy atom. The Balaban J connectivity index is 1.51. The van der Waals surface area contributed by atoms with Crippen LogP contribution in [0.4, 0.5) is 0 Å². The lowest BCUT2D eigenvalue weighted by Gasteiger charge is -2.36. The smallest absolute Gasteiger partial charge is 0.254 e. The minimum absolute atomic E-state index is 0.102. The van der Waals surface area contributed by atoms with E-state index < -0.39 is 0 Å². The third kappa shape index (κ3) is 4.37. The number of nitrogens with zero attached hydrogens (tertiary/aromatic N) is 3. The van der Waals surface area contributed by atoms with Crippen molar-refractivity contribution in [3.05, 3.63) is 59.9 Å². The summed E-state index contributed by atoms with van der Waals surface area (Å²) in [5.74, 6) is 1.44. The number of pyridine rings is 1. The van der Waals surface area contributed by atoms with E-state index in [4.69, 9.17) is 4.74 Å². The SMILES string of the molecule is COc1ccc([C@H](C)CN2CCN(C(=O)c3ccncc3)CC2)cc1. The van der Waals surface area contributed by atoms with E-state index in [9.17, 15) is 4.79 Å². The minimum Gasteiger partial charge on any atom is -0.497 e. The number of benzene rings is 1. The summed E-state index contributed by atoms with van der Waals surface area (Å²) in [4.78, 5) is 20.8. The molecular weight excluding hydrogens is 314 g/mol. The molecule has 0 radical (unpaired) electrons. The number of hydrogen-bond donors (Lipinski definition) is 0. The molecule has 1 saturated heterocycles. The summed E-state index contributed by atoms with van der Waals surface area (Å²) in [7, 11) is 1.69. The van der Waals surface area contributed by atoms with Crippen molar-refractivity contribution in [1.29, 1.82) is 0 Å². The topological polar surface area (TPSA) is 45.7 Å². The first-order valence-corrected chi connectivity index (χ1v) is 8.73. The number of aromatic nitrogens is 1. The molecule has 132 valence electrons. The van der Waals surface area contributed by atoms with Crippen molar-refractivity contribution in [2.45, 2.75) is 12.8 Å². The van der Waals surface area contributed by atoms with E-state index in [1.54, 1.807) is 31.6 Å². The van der Waals surface area contributed by atoms with Crippen LogP contribution in [0.2, 0.25) is 0 Å². The first kappa shape index (κ1) is 17.4. The van der Waals surface area contributed by atoms with Crippen molar-refractivity contribution in [2.75, 3.05) is 39.8 Å². The van der Waals surface area contributed by atoms with E-state index in [-0.39, 0.29) is 5.91 Å². The highest BCUT2D eigenvalue weighted by atomic mass is 16.5. The van der Waals surface area contributed by atoms with Crippen LogP contribution >= 0.6 is 0 Å². The fourth-order valence-corrected chi connectivity index (χ4v) is 3.24. The molecule has 1 amide bonds. The molecule has 0 bridgehead atoms. The fraction of sp³-hybridized carbons (Fsp3) is 0.400. The van der Waals surface area contributed by atoms with Gasteiger partial charge in [0.05, 0.1) is 7.11 Å². The highest BCUT2D eigenvalue weighted by Gasteiger charge is 2.23. The van der Waals surface area contributed by atoms with Crippen molar-refractivity contribution in [3.63, 3.8) is 0 Å². The van der Waals surface area contributed by atoms with Crippen molar-refractivity contribution in [1.82, 2.24) is 14.8 Å². The Morgan fingerprint density at radius 1 is 1.08 bits per heavy atom. The van der Waals surface area contributed by atoms with Crippen LogP contribution in [-0.2, 0) is 0 Å². The van der Waals surface area contributed by atoms with Gasteiger partial charge in [0.15, 0.2) is 0 Å². The Morgan fingerprint density at radius 2 is 1.72 bits per heavy atom. The Labute approximate surface area is 149 Å². The average molecular weight is 339 g/mol. The Bertz CT molecular complexity index is 680. The largest absolute Gasteiger partial charge is 0.497 e. The first-order chi connectivity index (χ1) is 12.2. The normalized spacial score (nSPS) is 16.5. The molecule has 3 rings (SSSR count). The molecule has 2 aromatic rings. The molecule has 0 spiro atoms. The van der Waals surface area contributed by atoms with Crippen molar-refractivity contribution >= 4 is 5.91 Å². The maximum absolute atomic E-state index is 12.5. The molecular formula is C20H25N3O2. The number of rotatable bonds is 5. The molecule has 1 aromatic heterocycles. The van der Waals surface area contributed by atoms with E-state index >= 15 is 0 Å². The van der Waals surface area contributed by atoms with E-state index in [0.717, 1.165) is 44.0 Å². The van der Waals surface area contributed by atoms with Crippen LogP contribution in [0.3, 0.4) is 0 Å². The number of carbonyl (C=O) groups is 1. The molecule has 5 heteroatoms. The van der Waals surface area contributed by atoms with Gasteiger partial charge in [-0.05, 0) is 35.7 Å². The van der Waals surface area contributed by atoms with Crippen LogP contribution in [0.15, 0.2) is 48.8 Å². The van der Waals surface area contributed by atoms with Gasteiger partial charge < -0.3 is 9.64 Å². The Hall–Kier alpha value is -2.40. The lowest BCUT2D eigenvalue weighted by molar-refractivity contribution is 0.0631. The fourth-order valence-electron chi connectivity index (χ4n) is 3.24. The van der Waals surface area contributed by atoms with Gasteiger partial charge in [0.1, 0.15) is 5.75 Å². The van der Waals surface area contributed by atoms with Crippen molar-refractivity contribution in [2.24, 2.45) is 0 Å². The molecule has 25 heavy (non-hydrogen) atoms. The predicted molar refractivity (Wildman–Crippen MR) is 98.0 cm³/mol. The van der Waals surface area contributed by atoms with Gasteiger partial charge in [0.2, 0.25) is 0 Å². The van der Waals surface area contributed by atoms with Gasteiger partial charge in [0.25, 0.3) is 5.91 Å². The second-order valence-corrected chi connectivity index (χ2v) is 6.50. The highest BCUT2D eigenvalue weighted by Crippen LogP contribution is 2.21. The standard InChI is InChI=1S/C20H25N3O2/c1-16(17-3-5-19(25-2)6-4-17)15-22-11-13-23(14-12-22)20(24)18-7-9-21-10-8-18/h3-10,16H,11-15H2,1-2H3/t16-/m1/s1. The summed E-state index contributed by atoms with van der Waals surface area (Å²) < 4.78 is 5.22. The molecule has 5 nitrogen and oxygen atoms in total. The maximum atomic E-state index is 12.5. The first-order valence-electron chi connectivity index (χ1n) is 8.73. The second-order valence-electron chi connectivity index (χ2n) is 6.50. The number of amides is 1. The number of piperazine rings is 1.